The molecule has 0 aromatic heterocycles. The van der Waals surface area contributed by atoms with Gasteiger partial charge in [0.25, 0.3) is 5.91 Å². The number of carbonyl (C=O) groups excluding carboxylic acids is 1. The van der Waals surface area contributed by atoms with Crippen molar-refractivity contribution in [3.8, 4) is 11.8 Å². The number of hydrogen-bond acceptors (Lipinski definition) is 3. The van der Waals surface area contributed by atoms with Gasteiger partial charge in [-0.3, -0.25) is 4.79 Å². The molecule has 2 aromatic rings. The van der Waals surface area contributed by atoms with Crippen LogP contribution in [0.3, 0.4) is 0 Å². The molecule has 21 heavy (non-hydrogen) atoms. The molecule has 0 saturated carbocycles. The fraction of sp³-hybridized carbons (Fsp3) is 0.125. The molecule has 0 aliphatic carbocycles. The number of para-hydroxylation sites is 1. The lowest BCUT2D eigenvalue weighted by atomic mass is 10.2. The molecular formula is C16H13FN2O2. The van der Waals surface area contributed by atoms with Gasteiger partial charge in [0.2, 0.25) is 0 Å². The Balaban J connectivity index is 2.03. The number of rotatable bonds is 4. The largest absolute Gasteiger partial charge is 0.480 e. The first-order chi connectivity index (χ1) is 10.1. The van der Waals surface area contributed by atoms with Crippen LogP contribution in [-0.2, 0) is 4.79 Å². The zero-order valence-electron chi connectivity index (χ0n) is 11.3. The molecule has 0 spiro atoms. The monoisotopic (exact) mass is 284 g/mol. The average Bonchev–Trinajstić information content (AvgIpc) is 2.50. The van der Waals surface area contributed by atoms with Gasteiger partial charge in [0, 0.05) is 5.69 Å². The fourth-order valence-electron chi connectivity index (χ4n) is 1.68. The fourth-order valence-corrected chi connectivity index (χ4v) is 1.68. The van der Waals surface area contributed by atoms with Gasteiger partial charge in [-0.05, 0) is 43.3 Å². The molecule has 0 aliphatic rings. The molecule has 0 radical (unpaired) electrons. The van der Waals surface area contributed by atoms with Gasteiger partial charge in [-0.25, -0.2) is 4.39 Å². The summed E-state index contributed by atoms with van der Waals surface area (Å²) >= 11 is 0. The number of ether oxygens (including phenoxy) is 1. The maximum Gasteiger partial charge on any atom is 0.265 e. The molecule has 1 N–H and O–H groups in total. The summed E-state index contributed by atoms with van der Waals surface area (Å²) in [7, 11) is 0. The summed E-state index contributed by atoms with van der Waals surface area (Å²) in [6, 6.07) is 14.1. The number of nitriles is 1. The van der Waals surface area contributed by atoms with E-state index in [2.05, 4.69) is 5.32 Å². The van der Waals surface area contributed by atoms with Gasteiger partial charge < -0.3 is 10.1 Å². The van der Waals surface area contributed by atoms with E-state index in [9.17, 15) is 9.18 Å². The van der Waals surface area contributed by atoms with Gasteiger partial charge in [-0.1, -0.05) is 12.1 Å². The molecule has 0 bridgehead atoms. The molecule has 5 heteroatoms. The Morgan fingerprint density at radius 1 is 1.24 bits per heavy atom. The average molecular weight is 284 g/mol. The van der Waals surface area contributed by atoms with Gasteiger partial charge in [0.1, 0.15) is 17.6 Å². The van der Waals surface area contributed by atoms with Crippen molar-refractivity contribution in [2.45, 2.75) is 13.0 Å². The van der Waals surface area contributed by atoms with Gasteiger partial charge in [0.05, 0.1) is 5.56 Å². The molecule has 0 fully saturated rings. The van der Waals surface area contributed by atoms with Crippen LogP contribution >= 0.6 is 0 Å². The molecule has 106 valence electrons. The van der Waals surface area contributed by atoms with Crippen molar-refractivity contribution in [1.82, 2.24) is 0 Å². The molecule has 0 aliphatic heterocycles. The minimum Gasteiger partial charge on any atom is -0.480 e. The summed E-state index contributed by atoms with van der Waals surface area (Å²) < 4.78 is 18.3. The predicted octanol–water partition coefficient (Wildman–Crippen LogP) is 3.10. The highest BCUT2D eigenvalue weighted by atomic mass is 19.1. The quantitative estimate of drug-likeness (QED) is 0.938. The van der Waals surface area contributed by atoms with Crippen molar-refractivity contribution in [3.05, 3.63) is 59.9 Å². The Kier molecular flexibility index (Phi) is 4.52. The van der Waals surface area contributed by atoms with E-state index in [4.69, 9.17) is 10.00 Å². The standard InChI is InChI=1S/C16H13FN2O2/c1-11(21-15-5-3-2-4-12(15)10-18)16(20)19-14-8-6-13(17)7-9-14/h2-9,11H,1H3,(H,19,20). The van der Waals surface area contributed by atoms with Crippen LogP contribution in [0, 0.1) is 17.1 Å². The van der Waals surface area contributed by atoms with Crippen molar-refractivity contribution in [3.63, 3.8) is 0 Å². The normalized spacial score (nSPS) is 11.3. The number of benzene rings is 2. The summed E-state index contributed by atoms with van der Waals surface area (Å²) in [6.07, 6.45) is -0.787. The van der Waals surface area contributed by atoms with E-state index in [1.165, 1.54) is 24.3 Å². The van der Waals surface area contributed by atoms with Crippen molar-refractivity contribution >= 4 is 11.6 Å². The van der Waals surface area contributed by atoms with Crippen LogP contribution in [0.2, 0.25) is 0 Å². The lowest BCUT2D eigenvalue weighted by Crippen LogP contribution is -2.30. The third-order valence-electron chi connectivity index (χ3n) is 2.79. The molecule has 1 atom stereocenters. The molecule has 0 heterocycles. The van der Waals surface area contributed by atoms with Crippen LogP contribution in [0.15, 0.2) is 48.5 Å². The Labute approximate surface area is 121 Å². The van der Waals surface area contributed by atoms with E-state index in [-0.39, 0.29) is 11.7 Å². The smallest absolute Gasteiger partial charge is 0.265 e. The molecule has 1 unspecified atom stereocenters. The van der Waals surface area contributed by atoms with Crippen LogP contribution < -0.4 is 10.1 Å². The predicted molar refractivity (Wildman–Crippen MR) is 76.3 cm³/mol. The first-order valence-corrected chi connectivity index (χ1v) is 6.32. The third kappa shape index (κ3) is 3.80. The molecule has 1 amide bonds. The number of amides is 1. The van der Waals surface area contributed by atoms with Gasteiger partial charge in [-0.15, -0.1) is 0 Å². The first kappa shape index (κ1) is 14.5. The van der Waals surface area contributed by atoms with Crippen LogP contribution in [-0.4, -0.2) is 12.0 Å². The number of nitrogens with zero attached hydrogens (tertiary/aromatic N) is 1. The first-order valence-electron chi connectivity index (χ1n) is 6.32. The Hall–Kier alpha value is -2.87. The second-order valence-corrected chi connectivity index (χ2v) is 4.36. The second-order valence-electron chi connectivity index (χ2n) is 4.36. The number of carbonyl (C=O) groups is 1. The summed E-state index contributed by atoms with van der Waals surface area (Å²) in [4.78, 5) is 12.0. The zero-order chi connectivity index (χ0) is 15.2. The summed E-state index contributed by atoms with van der Waals surface area (Å²) in [6.45, 7) is 1.58. The lowest BCUT2D eigenvalue weighted by Gasteiger charge is -2.15. The topological polar surface area (TPSA) is 62.1 Å². The van der Waals surface area contributed by atoms with E-state index >= 15 is 0 Å². The Morgan fingerprint density at radius 3 is 2.57 bits per heavy atom. The van der Waals surface area contributed by atoms with E-state index < -0.39 is 6.10 Å². The minimum atomic E-state index is -0.787. The summed E-state index contributed by atoms with van der Waals surface area (Å²) in [5, 5.41) is 11.6. The van der Waals surface area contributed by atoms with E-state index in [0.717, 1.165) is 0 Å². The van der Waals surface area contributed by atoms with E-state index in [1.807, 2.05) is 6.07 Å². The zero-order valence-corrected chi connectivity index (χ0v) is 11.3. The molecule has 0 saturated heterocycles. The van der Waals surface area contributed by atoms with Crippen LogP contribution in [0.4, 0.5) is 10.1 Å². The summed E-state index contributed by atoms with van der Waals surface area (Å²) in [5.74, 6) is -0.406. The highest BCUT2D eigenvalue weighted by molar-refractivity contribution is 5.94. The molecular weight excluding hydrogens is 271 g/mol. The Morgan fingerprint density at radius 2 is 1.90 bits per heavy atom. The Bertz CT molecular complexity index is 677. The van der Waals surface area contributed by atoms with E-state index in [0.29, 0.717) is 17.0 Å². The lowest BCUT2D eigenvalue weighted by molar-refractivity contribution is -0.122. The second kappa shape index (κ2) is 6.53. The number of hydrogen-bond donors (Lipinski definition) is 1. The highest BCUT2D eigenvalue weighted by Crippen LogP contribution is 2.18. The number of anilines is 1. The van der Waals surface area contributed by atoms with Crippen molar-refractivity contribution in [2.24, 2.45) is 0 Å². The van der Waals surface area contributed by atoms with Crippen molar-refractivity contribution in [1.29, 1.82) is 5.26 Å². The number of halogens is 1. The maximum atomic E-state index is 12.8. The molecule has 4 nitrogen and oxygen atoms in total. The number of nitrogens with one attached hydrogen (secondary N) is 1. The SMILES string of the molecule is CC(Oc1ccccc1C#N)C(=O)Nc1ccc(F)cc1. The third-order valence-corrected chi connectivity index (χ3v) is 2.79. The van der Waals surface area contributed by atoms with Gasteiger partial charge >= 0.3 is 0 Å². The summed E-state index contributed by atoms with van der Waals surface area (Å²) in [5.41, 5.74) is 0.837. The highest BCUT2D eigenvalue weighted by Gasteiger charge is 2.16. The molecule has 2 aromatic carbocycles. The van der Waals surface area contributed by atoms with Gasteiger partial charge in [-0.2, -0.15) is 5.26 Å². The van der Waals surface area contributed by atoms with Crippen LogP contribution in [0.5, 0.6) is 5.75 Å². The minimum absolute atomic E-state index is 0.349. The van der Waals surface area contributed by atoms with Crippen molar-refractivity contribution in [2.75, 3.05) is 5.32 Å². The van der Waals surface area contributed by atoms with Crippen molar-refractivity contribution < 1.29 is 13.9 Å². The van der Waals surface area contributed by atoms with Crippen LogP contribution in [0.25, 0.3) is 0 Å². The van der Waals surface area contributed by atoms with E-state index in [1.54, 1.807) is 31.2 Å². The van der Waals surface area contributed by atoms with Gasteiger partial charge in [0.15, 0.2) is 6.10 Å². The maximum absolute atomic E-state index is 12.8. The van der Waals surface area contributed by atoms with Crippen LogP contribution in [0.1, 0.15) is 12.5 Å². The molecule has 2 rings (SSSR count).